The Labute approximate surface area is 290 Å². The van der Waals surface area contributed by atoms with E-state index in [0.717, 1.165) is 11.5 Å². The van der Waals surface area contributed by atoms with Gasteiger partial charge in [0.25, 0.3) is 0 Å². The number of allylic oxidation sites excluding steroid dienone is 12. The molecule has 0 N–H and O–H groups in total. The third kappa shape index (κ3) is 8.95. The van der Waals surface area contributed by atoms with Crippen molar-refractivity contribution in [3.8, 4) is 0 Å². The van der Waals surface area contributed by atoms with Crippen molar-refractivity contribution < 1.29 is 0 Å². The van der Waals surface area contributed by atoms with E-state index in [0.29, 0.717) is 5.92 Å². The van der Waals surface area contributed by atoms with Crippen LogP contribution in [0.3, 0.4) is 0 Å². The van der Waals surface area contributed by atoms with E-state index in [1.54, 1.807) is 5.57 Å². The molecule has 4 rings (SSSR count). The zero-order valence-corrected chi connectivity index (χ0v) is 32.4. The average molecular weight is 631 g/mol. The minimum absolute atomic E-state index is 0.109. The van der Waals surface area contributed by atoms with Crippen LogP contribution in [-0.2, 0) is 10.8 Å². The number of hydrogen-bond donors (Lipinski definition) is 0. The van der Waals surface area contributed by atoms with Gasteiger partial charge in [-0.15, -0.1) is 0 Å². The average Bonchev–Trinajstić information content (AvgIpc) is 3.15. The maximum atomic E-state index is 4.41. The van der Waals surface area contributed by atoms with Gasteiger partial charge in [-0.25, -0.2) is 0 Å². The second-order valence-electron chi connectivity index (χ2n) is 15.2. The molecular weight excluding hydrogens is 565 g/mol. The van der Waals surface area contributed by atoms with Crippen LogP contribution in [0.5, 0.6) is 0 Å². The molecule has 0 nitrogen and oxygen atoms in total. The van der Waals surface area contributed by atoms with Crippen LogP contribution in [0.2, 0.25) is 0 Å². The highest BCUT2D eigenvalue weighted by Gasteiger charge is 2.56. The Morgan fingerprint density at radius 1 is 0.809 bits per heavy atom. The van der Waals surface area contributed by atoms with Crippen molar-refractivity contribution >= 4 is 11.1 Å². The van der Waals surface area contributed by atoms with E-state index in [-0.39, 0.29) is 16.2 Å². The molecule has 0 heteroatoms. The van der Waals surface area contributed by atoms with Crippen LogP contribution in [0.1, 0.15) is 132 Å². The Bertz CT molecular complexity index is 1500. The fraction of sp³-hybridized carbons (Fsp3) is 0.447. The van der Waals surface area contributed by atoms with Gasteiger partial charge >= 0.3 is 0 Å². The molecule has 0 saturated heterocycles. The first-order valence-electron chi connectivity index (χ1n) is 17.9. The number of rotatable bonds is 8. The second-order valence-corrected chi connectivity index (χ2v) is 15.2. The number of benzene rings is 2. The van der Waals surface area contributed by atoms with Gasteiger partial charge in [0.2, 0.25) is 0 Å². The lowest BCUT2D eigenvalue weighted by atomic mass is 9.59. The van der Waals surface area contributed by atoms with E-state index in [4.69, 9.17) is 0 Å². The lowest BCUT2D eigenvalue weighted by Crippen LogP contribution is -2.42. The summed E-state index contributed by atoms with van der Waals surface area (Å²) < 4.78 is 0. The van der Waals surface area contributed by atoms with Crippen LogP contribution in [0, 0.1) is 17.3 Å². The minimum Gasteiger partial charge on any atom is -0.0958 e. The summed E-state index contributed by atoms with van der Waals surface area (Å²) in [6.45, 7) is 38.0. The second kappa shape index (κ2) is 17.1. The fourth-order valence-corrected chi connectivity index (χ4v) is 7.11. The topological polar surface area (TPSA) is 0 Å². The van der Waals surface area contributed by atoms with Crippen LogP contribution in [0.4, 0.5) is 0 Å². The van der Waals surface area contributed by atoms with Crippen LogP contribution in [0.25, 0.3) is 11.1 Å². The van der Waals surface area contributed by atoms with E-state index in [1.807, 2.05) is 26.0 Å². The highest BCUT2D eigenvalue weighted by molar-refractivity contribution is 5.87. The first-order chi connectivity index (χ1) is 22.0. The summed E-state index contributed by atoms with van der Waals surface area (Å²) in [5.74, 6) is 1.43. The molecule has 0 saturated carbocycles. The van der Waals surface area contributed by atoms with Crippen molar-refractivity contribution in [2.24, 2.45) is 17.3 Å². The minimum atomic E-state index is 0.109. The normalized spacial score (nSPS) is 18.4. The standard InChI is InChI=1S/C28H34.C15H24.C4H8/c1-9-13-23(21-14-11-10-12-15-21)18-20(2)22-16-17-24-25(19-22)27(5,6)28(7,8)26(24,3)4;1-6-13(11(2)3)15-10-8-7-9-14(15)12(4)5;1-3-4-2/h9-19H,2H2,1,3-8H3;8,10-11,13H,4,6-7,9H2,1-3,5H3;3-4H,1-2H3/b13-9-,23-18+;;4-3-. The van der Waals surface area contributed by atoms with Crippen molar-refractivity contribution in [1.82, 2.24) is 0 Å². The van der Waals surface area contributed by atoms with Crippen LogP contribution in [0.15, 0.2) is 121 Å². The molecule has 0 bridgehead atoms. The van der Waals surface area contributed by atoms with Gasteiger partial charge in [0, 0.05) is 0 Å². The van der Waals surface area contributed by atoms with E-state index >= 15 is 0 Å². The van der Waals surface area contributed by atoms with Crippen LogP contribution < -0.4 is 0 Å². The van der Waals surface area contributed by atoms with E-state index in [9.17, 15) is 0 Å². The van der Waals surface area contributed by atoms with Crippen molar-refractivity contribution in [1.29, 1.82) is 0 Å². The van der Waals surface area contributed by atoms with Crippen LogP contribution >= 0.6 is 0 Å². The molecule has 2 aromatic carbocycles. The van der Waals surface area contributed by atoms with Crippen molar-refractivity contribution in [3.63, 3.8) is 0 Å². The Kier molecular flexibility index (Phi) is 14.5. The summed E-state index contributed by atoms with van der Waals surface area (Å²) in [5, 5.41) is 0. The molecule has 47 heavy (non-hydrogen) atoms. The molecule has 1 unspecified atom stereocenters. The van der Waals surface area contributed by atoms with Crippen molar-refractivity contribution in [2.75, 3.05) is 0 Å². The molecule has 1 atom stereocenters. The monoisotopic (exact) mass is 631 g/mol. The highest BCUT2D eigenvalue weighted by atomic mass is 14.6. The maximum Gasteiger partial charge on any atom is -0.00410 e. The molecule has 0 fully saturated rings. The molecule has 2 aliphatic rings. The number of fused-ring (bicyclic) bond motifs is 1. The van der Waals surface area contributed by atoms with E-state index in [1.165, 1.54) is 58.2 Å². The Balaban J connectivity index is 0.000000339. The molecule has 254 valence electrons. The Hall–Kier alpha value is -3.38. The van der Waals surface area contributed by atoms with Gasteiger partial charge in [0.15, 0.2) is 0 Å². The lowest BCUT2D eigenvalue weighted by Gasteiger charge is -2.44. The van der Waals surface area contributed by atoms with Gasteiger partial charge in [0.05, 0.1) is 0 Å². The smallest absolute Gasteiger partial charge is 0.00410 e. The zero-order chi connectivity index (χ0) is 35.6. The predicted octanol–water partition coefficient (Wildman–Crippen LogP) is 14.4. The molecule has 0 spiro atoms. The van der Waals surface area contributed by atoms with E-state index in [2.05, 4.69) is 168 Å². The molecule has 2 aliphatic carbocycles. The maximum absolute atomic E-state index is 4.41. The van der Waals surface area contributed by atoms with Crippen molar-refractivity contribution in [3.05, 3.63) is 143 Å². The fourth-order valence-electron chi connectivity index (χ4n) is 7.11. The zero-order valence-electron chi connectivity index (χ0n) is 32.4. The largest absolute Gasteiger partial charge is 0.0958 e. The van der Waals surface area contributed by atoms with E-state index < -0.39 is 0 Å². The molecule has 0 heterocycles. The summed E-state index contributed by atoms with van der Waals surface area (Å²) in [5.41, 5.74) is 12.3. The molecular formula is C47H66. The summed E-state index contributed by atoms with van der Waals surface area (Å²) in [4.78, 5) is 0. The summed E-state index contributed by atoms with van der Waals surface area (Å²) in [6, 6.07) is 17.5. The van der Waals surface area contributed by atoms with Gasteiger partial charge < -0.3 is 0 Å². The molecule has 0 aromatic heterocycles. The van der Waals surface area contributed by atoms with Crippen LogP contribution in [-0.4, -0.2) is 0 Å². The molecule has 0 radical (unpaired) electrons. The first-order valence-corrected chi connectivity index (χ1v) is 17.9. The van der Waals surface area contributed by atoms with Gasteiger partial charge in [0.1, 0.15) is 0 Å². The Morgan fingerprint density at radius 2 is 1.40 bits per heavy atom. The quantitative estimate of drug-likeness (QED) is 0.201. The highest BCUT2D eigenvalue weighted by Crippen LogP contribution is 2.61. The van der Waals surface area contributed by atoms with Gasteiger partial charge in [-0.2, -0.15) is 0 Å². The first kappa shape index (κ1) is 39.8. The SMILES string of the molecule is C/C=C\C.C=C(/C=C(\C=C/C)c1ccccc1)c1ccc2c(c1)C(C)(C)C(C)(C)C2(C)C.C=C(C)C1=C(C(CC)C(C)C)C=CCC1. The van der Waals surface area contributed by atoms with Gasteiger partial charge in [-0.3, -0.25) is 0 Å². The third-order valence-electron chi connectivity index (χ3n) is 11.3. The number of hydrogen-bond acceptors (Lipinski definition) is 0. The summed E-state index contributed by atoms with van der Waals surface area (Å²) in [6.07, 6.45) is 18.7. The summed E-state index contributed by atoms with van der Waals surface area (Å²) >= 11 is 0. The Morgan fingerprint density at radius 3 is 1.91 bits per heavy atom. The summed E-state index contributed by atoms with van der Waals surface area (Å²) in [7, 11) is 0. The molecule has 2 aromatic rings. The van der Waals surface area contributed by atoms with Crippen molar-refractivity contribution in [2.45, 2.75) is 120 Å². The lowest BCUT2D eigenvalue weighted by molar-refractivity contribution is 0.125. The molecule has 0 amide bonds. The van der Waals surface area contributed by atoms with Gasteiger partial charge in [-0.1, -0.05) is 166 Å². The predicted molar refractivity (Wildman–Crippen MR) is 214 cm³/mol. The third-order valence-corrected chi connectivity index (χ3v) is 11.3. The van der Waals surface area contributed by atoms with Gasteiger partial charge in [-0.05, 0) is 126 Å². The molecule has 0 aliphatic heterocycles.